The summed E-state index contributed by atoms with van der Waals surface area (Å²) in [5.41, 5.74) is -0.841. The average Bonchev–Trinajstić information content (AvgIpc) is 2.89. The molecule has 0 aromatic carbocycles. The first-order valence-corrected chi connectivity index (χ1v) is 9.79. The maximum absolute atomic E-state index is 12.1. The third-order valence-corrected chi connectivity index (χ3v) is 5.79. The smallest absolute Gasteiger partial charge is 0.490 e. The fourth-order valence-electron chi connectivity index (χ4n) is 4.58. The molecule has 1 heterocycles. The van der Waals surface area contributed by atoms with Crippen molar-refractivity contribution in [3.8, 4) is 5.75 Å². The molecule has 0 radical (unpaired) electrons. The largest absolute Gasteiger partial charge is 0.522 e. The standard InChI is InChI=1S/C19H26F3N3O4/c1-16(2,3)29-15(26)24-17-9-18(10-17,11-17)25-7-14(6-23-25)27-8-12-4-13(5-12)28-19(20,21)22/h6-7,12-13H,4-5,8-11H2,1-3H3,(H,24,26). The van der Waals surface area contributed by atoms with Gasteiger partial charge >= 0.3 is 12.5 Å². The van der Waals surface area contributed by atoms with Crippen molar-refractivity contribution in [2.24, 2.45) is 5.92 Å². The van der Waals surface area contributed by atoms with Gasteiger partial charge < -0.3 is 14.8 Å². The van der Waals surface area contributed by atoms with E-state index in [-0.39, 0.29) is 17.0 Å². The zero-order valence-electron chi connectivity index (χ0n) is 16.7. The lowest BCUT2D eigenvalue weighted by molar-refractivity contribution is -0.354. The lowest BCUT2D eigenvalue weighted by Gasteiger charge is -2.69. The van der Waals surface area contributed by atoms with Crippen LogP contribution in [0.3, 0.4) is 0 Å². The van der Waals surface area contributed by atoms with Gasteiger partial charge in [-0.15, -0.1) is 13.2 Å². The number of rotatable bonds is 6. The van der Waals surface area contributed by atoms with Crippen molar-refractivity contribution in [2.75, 3.05) is 6.61 Å². The van der Waals surface area contributed by atoms with Crippen molar-refractivity contribution >= 4 is 6.09 Å². The Morgan fingerprint density at radius 1 is 1.28 bits per heavy atom. The molecule has 5 rings (SSSR count). The van der Waals surface area contributed by atoms with Gasteiger partial charge in [0, 0.05) is 0 Å². The minimum Gasteiger partial charge on any atom is -0.490 e. The highest BCUT2D eigenvalue weighted by atomic mass is 19.4. The Balaban J connectivity index is 1.20. The van der Waals surface area contributed by atoms with E-state index < -0.39 is 24.2 Å². The third-order valence-electron chi connectivity index (χ3n) is 5.79. The van der Waals surface area contributed by atoms with Gasteiger partial charge in [-0.2, -0.15) is 5.10 Å². The number of halogens is 3. The minimum absolute atomic E-state index is 0.0574. The van der Waals surface area contributed by atoms with E-state index >= 15 is 0 Å². The molecule has 29 heavy (non-hydrogen) atoms. The van der Waals surface area contributed by atoms with Gasteiger partial charge in [0.05, 0.1) is 36.2 Å². The zero-order valence-corrected chi connectivity index (χ0v) is 16.7. The Labute approximate surface area is 166 Å². The lowest BCUT2D eigenvalue weighted by atomic mass is 9.44. The number of alkyl carbamates (subject to hydrolysis) is 1. The predicted octanol–water partition coefficient (Wildman–Crippen LogP) is 3.73. The van der Waals surface area contributed by atoms with E-state index in [4.69, 9.17) is 9.47 Å². The van der Waals surface area contributed by atoms with Gasteiger partial charge in [-0.1, -0.05) is 0 Å². The Morgan fingerprint density at radius 2 is 1.93 bits per heavy atom. The van der Waals surface area contributed by atoms with E-state index in [2.05, 4.69) is 15.2 Å². The highest BCUT2D eigenvalue weighted by Gasteiger charge is 2.70. The number of carbonyl (C=O) groups excluding carboxylic acids is 1. The molecule has 0 spiro atoms. The first kappa shape index (κ1) is 20.3. The molecule has 0 atom stereocenters. The van der Waals surface area contributed by atoms with Crippen LogP contribution in [0.2, 0.25) is 0 Å². The maximum atomic E-state index is 12.1. The molecule has 162 valence electrons. The molecular formula is C19H26F3N3O4. The Kier molecular flexibility index (Phi) is 4.56. The topological polar surface area (TPSA) is 74.6 Å². The van der Waals surface area contributed by atoms with Crippen molar-refractivity contribution in [1.82, 2.24) is 15.1 Å². The molecule has 0 unspecified atom stereocenters. The molecule has 7 nitrogen and oxygen atoms in total. The summed E-state index contributed by atoms with van der Waals surface area (Å²) >= 11 is 0. The number of nitrogens with zero attached hydrogens (tertiary/aromatic N) is 2. The summed E-state index contributed by atoms with van der Waals surface area (Å²) in [6.45, 7) is 5.83. The third kappa shape index (κ3) is 4.31. The Morgan fingerprint density at radius 3 is 2.52 bits per heavy atom. The van der Waals surface area contributed by atoms with Crippen LogP contribution in [-0.4, -0.2) is 46.1 Å². The summed E-state index contributed by atoms with van der Waals surface area (Å²) in [5.74, 6) is 0.658. The molecule has 4 aliphatic rings. The molecule has 1 aromatic heterocycles. The number of amides is 1. The molecule has 4 saturated carbocycles. The molecule has 0 saturated heterocycles. The van der Waals surface area contributed by atoms with Gasteiger partial charge in [-0.05, 0) is 58.8 Å². The van der Waals surface area contributed by atoms with Crippen LogP contribution in [0, 0.1) is 5.92 Å². The van der Waals surface area contributed by atoms with Crippen molar-refractivity contribution in [3.05, 3.63) is 12.4 Å². The number of hydrogen-bond acceptors (Lipinski definition) is 5. The highest BCUT2D eigenvalue weighted by molar-refractivity contribution is 5.70. The number of hydrogen-bond donors (Lipinski definition) is 1. The van der Waals surface area contributed by atoms with Crippen LogP contribution in [0.4, 0.5) is 18.0 Å². The van der Waals surface area contributed by atoms with Crippen molar-refractivity contribution in [1.29, 1.82) is 0 Å². The van der Waals surface area contributed by atoms with Crippen molar-refractivity contribution in [2.45, 2.75) is 82.0 Å². The summed E-state index contributed by atoms with van der Waals surface area (Å²) in [6, 6.07) is 0. The number of ether oxygens (including phenoxy) is 3. The monoisotopic (exact) mass is 417 g/mol. The predicted molar refractivity (Wildman–Crippen MR) is 95.3 cm³/mol. The lowest BCUT2D eigenvalue weighted by Crippen LogP contribution is -2.79. The van der Waals surface area contributed by atoms with E-state index in [1.165, 1.54) is 0 Å². The summed E-state index contributed by atoms with van der Waals surface area (Å²) in [6.07, 6.45) is 0.765. The number of nitrogens with one attached hydrogen (secondary N) is 1. The van der Waals surface area contributed by atoms with Crippen molar-refractivity contribution < 1.29 is 32.2 Å². The molecular weight excluding hydrogens is 391 g/mol. The first-order valence-electron chi connectivity index (χ1n) is 9.79. The van der Waals surface area contributed by atoms with Crippen LogP contribution in [0.25, 0.3) is 0 Å². The summed E-state index contributed by atoms with van der Waals surface area (Å²) in [5, 5.41) is 7.34. The van der Waals surface area contributed by atoms with Crippen LogP contribution in [-0.2, 0) is 15.0 Å². The summed E-state index contributed by atoms with van der Waals surface area (Å²) < 4.78 is 53.3. The van der Waals surface area contributed by atoms with E-state index in [1.807, 2.05) is 31.6 Å². The maximum Gasteiger partial charge on any atom is 0.522 e. The van der Waals surface area contributed by atoms with E-state index in [0.717, 1.165) is 19.3 Å². The summed E-state index contributed by atoms with van der Waals surface area (Å²) in [7, 11) is 0. The van der Waals surface area contributed by atoms with E-state index in [9.17, 15) is 18.0 Å². The fourth-order valence-corrected chi connectivity index (χ4v) is 4.58. The highest BCUT2D eigenvalue weighted by Crippen LogP contribution is 2.65. The number of alkyl halides is 3. The Bertz CT molecular complexity index is 761. The van der Waals surface area contributed by atoms with Crippen LogP contribution in [0.15, 0.2) is 12.4 Å². The molecule has 10 heteroatoms. The van der Waals surface area contributed by atoms with Crippen LogP contribution >= 0.6 is 0 Å². The molecule has 4 fully saturated rings. The molecule has 1 N–H and O–H groups in total. The summed E-state index contributed by atoms with van der Waals surface area (Å²) in [4.78, 5) is 12.0. The zero-order chi connectivity index (χ0) is 21.1. The second-order valence-corrected chi connectivity index (χ2v) is 9.62. The molecule has 4 aliphatic carbocycles. The van der Waals surface area contributed by atoms with Crippen LogP contribution < -0.4 is 10.1 Å². The molecule has 1 amide bonds. The minimum atomic E-state index is -4.57. The van der Waals surface area contributed by atoms with Gasteiger partial charge in [-0.3, -0.25) is 9.42 Å². The van der Waals surface area contributed by atoms with Gasteiger partial charge in [0.2, 0.25) is 0 Å². The molecule has 2 bridgehead atoms. The normalized spacial score (nSPS) is 33.2. The second kappa shape index (κ2) is 6.52. The second-order valence-electron chi connectivity index (χ2n) is 9.62. The van der Waals surface area contributed by atoms with E-state index in [0.29, 0.717) is 25.2 Å². The Hall–Kier alpha value is -1.97. The number of aromatic nitrogens is 2. The fraction of sp³-hybridized carbons (Fsp3) is 0.789. The van der Waals surface area contributed by atoms with Gasteiger partial charge in [0.15, 0.2) is 5.75 Å². The van der Waals surface area contributed by atoms with E-state index in [1.54, 1.807) is 6.20 Å². The van der Waals surface area contributed by atoms with Gasteiger partial charge in [0.25, 0.3) is 0 Å². The molecule has 1 aromatic rings. The van der Waals surface area contributed by atoms with Gasteiger partial charge in [-0.25, -0.2) is 4.79 Å². The SMILES string of the molecule is CC(C)(C)OC(=O)NC12CC(n3cc(OCC4CC(OC(F)(F)F)C4)cn3)(C1)C2. The van der Waals surface area contributed by atoms with Crippen LogP contribution in [0.5, 0.6) is 5.75 Å². The molecule has 0 aliphatic heterocycles. The van der Waals surface area contributed by atoms with Crippen LogP contribution in [0.1, 0.15) is 52.9 Å². The average molecular weight is 417 g/mol. The first-order chi connectivity index (χ1) is 13.4. The van der Waals surface area contributed by atoms with Crippen molar-refractivity contribution in [3.63, 3.8) is 0 Å². The quantitative estimate of drug-likeness (QED) is 0.763. The number of carbonyl (C=O) groups is 1. The van der Waals surface area contributed by atoms with Gasteiger partial charge in [0.1, 0.15) is 5.60 Å².